The number of terminal acetylenes is 2. The van der Waals surface area contributed by atoms with Gasteiger partial charge in [0.25, 0.3) is 12.0 Å². The Morgan fingerprint density at radius 1 is 1.09 bits per heavy atom. The maximum atomic E-state index is 11.3. The molecule has 0 amide bonds. The van der Waals surface area contributed by atoms with Gasteiger partial charge >= 0.3 is 115 Å². The molecule has 0 radical (unpaired) electrons. The molecule has 0 aliphatic rings. The van der Waals surface area contributed by atoms with Crippen LogP contribution in [0.4, 0.5) is 0 Å². The van der Waals surface area contributed by atoms with E-state index in [0.717, 1.165) is 0 Å². The van der Waals surface area contributed by atoms with E-state index in [9.17, 15) is 19.2 Å². The van der Waals surface area contributed by atoms with Crippen LogP contribution in [0.3, 0.4) is 0 Å². The number of aromatic nitrogens is 2. The third kappa shape index (κ3) is 19.9. The van der Waals surface area contributed by atoms with E-state index < -0.39 is 11.9 Å². The second-order valence-electron chi connectivity index (χ2n) is 4.98. The molecule has 0 aliphatic heterocycles. The van der Waals surface area contributed by atoms with Crippen LogP contribution in [0.15, 0.2) is 46.0 Å². The van der Waals surface area contributed by atoms with Gasteiger partial charge in [0.05, 0.1) is 26.1 Å². The molecule has 2 aromatic rings. The fourth-order valence-electron chi connectivity index (χ4n) is 1.73. The van der Waals surface area contributed by atoms with Crippen molar-refractivity contribution in [2.45, 2.75) is 6.54 Å². The summed E-state index contributed by atoms with van der Waals surface area (Å²) in [6.45, 7) is -0.121. The van der Waals surface area contributed by atoms with Gasteiger partial charge in [0.15, 0.2) is 0 Å². The molecule has 2 heterocycles. The second kappa shape index (κ2) is 27.7. The average Bonchev–Trinajstić information content (AvgIpc) is 2.85. The number of hydrogen-bond donors (Lipinski definition) is 1. The number of ether oxygens (including phenoxy) is 2. The zero-order valence-electron chi connectivity index (χ0n) is 20.6. The molecule has 178 valence electrons. The Morgan fingerprint density at radius 3 is 2.00 bits per heavy atom. The minimum absolute atomic E-state index is 0. The molecular formula is C21H21BrK2N2O9. The van der Waals surface area contributed by atoms with Crippen LogP contribution in [0, 0.1) is 24.7 Å². The third-order valence-corrected chi connectivity index (χ3v) is 3.31. The zero-order chi connectivity index (χ0) is 25.6. The normalized spacial score (nSPS) is 7.71. The van der Waals surface area contributed by atoms with E-state index in [4.69, 9.17) is 22.9 Å². The molecule has 0 bridgehead atoms. The Bertz CT molecular complexity index is 1100. The first-order chi connectivity index (χ1) is 15.8. The topological polar surface area (TPSA) is 157 Å². The fraction of sp³-hybridized carbons (Fsp3) is 0.190. The van der Waals surface area contributed by atoms with Crippen LogP contribution >= 0.6 is 15.9 Å². The van der Waals surface area contributed by atoms with E-state index in [1.165, 1.54) is 55.2 Å². The van der Waals surface area contributed by atoms with Crippen LogP contribution in [-0.2, 0) is 25.7 Å². The number of nitrogens with zero attached hydrogens (tertiary/aromatic N) is 1. The number of methoxy groups -OCH3 is 2. The number of aromatic amines is 1. The molecule has 2 rings (SSSR count). The molecule has 0 aliphatic carbocycles. The van der Waals surface area contributed by atoms with Crippen LogP contribution in [0.25, 0.3) is 0 Å². The van der Waals surface area contributed by atoms with Crippen molar-refractivity contribution in [1.82, 2.24) is 9.55 Å². The summed E-state index contributed by atoms with van der Waals surface area (Å²) in [4.78, 5) is 57.5. The maximum absolute atomic E-state index is 11.3. The fourth-order valence-corrected chi connectivity index (χ4v) is 1.73. The summed E-state index contributed by atoms with van der Waals surface area (Å²) in [6, 6.07) is 8.61. The number of nitrogens with one attached hydrogen (secondary N) is 1. The number of halogens is 1. The van der Waals surface area contributed by atoms with Gasteiger partial charge in [-0.1, -0.05) is 39.9 Å². The van der Waals surface area contributed by atoms with Crippen molar-refractivity contribution in [1.29, 1.82) is 0 Å². The predicted octanol–water partition coefficient (Wildman–Crippen LogP) is -6.00. The summed E-state index contributed by atoms with van der Waals surface area (Å²) in [6.07, 6.45) is 9.81. The standard InChI is InChI=1S/C10H9NO3.C7H7NO3.C3H3Br.CH2O3.2K.H/c1-3-7-11-8(10(13)14-2)5-4-6-9(11)12;1-11-7(10)5-3-2-4-6(9)8-5;1-2-3-4;2-1-4-3;;;/h1,4-6H,7H2,2H3;2-4H,1H3,(H,8,9);1H,3H2;1,3H;;;/q;;;;2*+1;-1/p-1. The largest absolute Gasteiger partial charge is 1.00 e. The van der Waals surface area contributed by atoms with E-state index in [1.807, 2.05) is 0 Å². The molecule has 2 aromatic heterocycles. The van der Waals surface area contributed by atoms with Crippen LogP contribution in [0.1, 0.15) is 22.4 Å². The van der Waals surface area contributed by atoms with Crippen molar-refractivity contribution in [3.05, 3.63) is 68.5 Å². The molecule has 0 aromatic carbocycles. The zero-order valence-corrected chi connectivity index (χ0v) is 27.4. The minimum atomic E-state index is -0.571. The van der Waals surface area contributed by atoms with Crippen molar-refractivity contribution in [3.63, 3.8) is 0 Å². The summed E-state index contributed by atoms with van der Waals surface area (Å²) < 4.78 is 10.1. The van der Waals surface area contributed by atoms with Gasteiger partial charge in [-0.25, -0.2) is 9.59 Å². The first-order valence-electron chi connectivity index (χ1n) is 8.48. The van der Waals surface area contributed by atoms with E-state index in [1.54, 1.807) is 0 Å². The van der Waals surface area contributed by atoms with Gasteiger partial charge in [-0.2, -0.15) is 0 Å². The Morgan fingerprint density at radius 2 is 1.60 bits per heavy atom. The van der Waals surface area contributed by atoms with Crippen LogP contribution in [0.5, 0.6) is 0 Å². The Balaban J connectivity index is -0.000000131. The minimum Gasteiger partial charge on any atom is -1.00 e. The van der Waals surface area contributed by atoms with Crippen molar-refractivity contribution in [2.24, 2.45) is 0 Å². The molecular weight excluding hydrogens is 582 g/mol. The molecule has 11 nitrogen and oxygen atoms in total. The summed E-state index contributed by atoms with van der Waals surface area (Å²) >= 11 is 3.01. The Labute approximate surface area is 296 Å². The summed E-state index contributed by atoms with van der Waals surface area (Å²) in [7, 11) is 2.51. The van der Waals surface area contributed by atoms with E-state index in [2.05, 4.69) is 47.1 Å². The molecule has 1 N–H and O–H groups in total. The molecule has 0 spiro atoms. The van der Waals surface area contributed by atoms with Crippen molar-refractivity contribution in [2.75, 3.05) is 19.5 Å². The van der Waals surface area contributed by atoms with Gasteiger partial charge in [0, 0.05) is 12.1 Å². The number of pyridine rings is 2. The van der Waals surface area contributed by atoms with E-state index in [-0.39, 0.29) is 140 Å². The van der Waals surface area contributed by atoms with E-state index >= 15 is 0 Å². The SMILES string of the molecule is C#CCBr.C#CCn1c(C(=O)OC)cccc1=O.COC(=O)c1cccc(=O)[nH]1.O=CO[O-].[H-].[K+].[K+]. The average molecular weight is 604 g/mol. The number of H-pyrrole nitrogens is 1. The van der Waals surface area contributed by atoms with Gasteiger partial charge in [0.2, 0.25) is 5.56 Å². The second-order valence-corrected chi connectivity index (χ2v) is 5.54. The third-order valence-electron chi connectivity index (χ3n) is 2.98. The Kier molecular flexibility index (Phi) is 32.7. The quantitative estimate of drug-likeness (QED) is 0.0684. The smallest absolute Gasteiger partial charge is 1.00 e. The van der Waals surface area contributed by atoms with Crippen molar-refractivity contribution in [3.8, 4) is 24.7 Å². The van der Waals surface area contributed by atoms with E-state index in [0.29, 0.717) is 5.33 Å². The molecule has 0 saturated heterocycles. The first kappa shape index (κ1) is 41.3. The number of hydrogen-bond acceptors (Lipinski definition) is 9. The van der Waals surface area contributed by atoms with Gasteiger partial charge in [0.1, 0.15) is 11.4 Å². The van der Waals surface area contributed by atoms with Crippen LogP contribution in [0.2, 0.25) is 0 Å². The van der Waals surface area contributed by atoms with Crippen LogP contribution in [-0.4, -0.2) is 47.5 Å². The predicted molar refractivity (Wildman–Crippen MR) is 120 cm³/mol. The molecule has 0 fully saturated rings. The van der Waals surface area contributed by atoms with Crippen molar-refractivity contribution >= 4 is 34.3 Å². The number of carbonyl (C=O) groups excluding carboxylic acids is 3. The van der Waals surface area contributed by atoms with Crippen molar-refractivity contribution < 1.29 is 138 Å². The maximum Gasteiger partial charge on any atom is 1.00 e. The summed E-state index contributed by atoms with van der Waals surface area (Å²) in [5, 5.41) is 9.09. The summed E-state index contributed by atoms with van der Waals surface area (Å²) in [5.41, 5.74) is -0.295. The summed E-state index contributed by atoms with van der Waals surface area (Å²) in [5.74, 6) is 3.54. The number of esters is 2. The van der Waals surface area contributed by atoms with Crippen LogP contribution < -0.4 is 119 Å². The Hall–Kier alpha value is -0.857. The first-order valence-corrected chi connectivity index (χ1v) is 9.60. The number of rotatable bonds is 4. The number of alkyl halides is 1. The monoisotopic (exact) mass is 602 g/mol. The molecule has 0 saturated carbocycles. The molecule has 14 heteroatoms. The van der Waals surface area contributed by atoms with Gasteiger partial charge < -0.3 is 26.0 Å². The van der Waals surface area contributed by atoms with Gasteiger partial charge in [-0.3, -0.25) is 19.0 Å². The molecule has 35 heavy (non-hydrogen) atoms. The van der Waals surface area contributed by atoms with Gasteiger partial charge in [-0.05, 0) is 12.1 Å². The molecule has 0 atom stereocenters. The number of carbonyl (C=O) groups is 3. The van der Waals surface area contributed by atoms with Gasteiger partial charge in [-0.15, -0.1) is 12.8 Å². The molecule has 0 unspecified atom stereocenters.